The van der Waals surface area contributed by atoms with Gasteiger partial charge in [-0.15, -0.1) is 0 Å². The molecule has 0 saturated heterocycles. The van der Waals surface area contributed by atoms with Crippen LogP contribution in [0.4, 0.5) is 51.2 Å². The molecule has 105 heavy (non-hydrogen) atoms. The van der Waals surface area contributed by atoms with E-state index < -0.39 is 0 Å². The molecular formula is C98H65N7. The Hall–Kier alpha value is -14.1. The largest absolute Gasteiger partial charge is 0.310 e. The highest BCUT2D eigenvalue weighted by molar-refractivity contribution is 6.32. The highest BCUT2D eigenvalue weighted by atomic mass is 15.2. The second kappa shape index (κ2) is 24.3. The number of hydrogen-bond donors (Lipinski definition) is 0. The van der Waals surface area contributed by atoms with Gasteiger partial charge in [0.1, 0.15) is 0 Å². The van der Waals surface area contributed by atoms with Crippen molar-refractivity contribution in [2.24, 2.45) is 0 Å². The third kappa shape index (κ3) is 9.53. The van der Waals surface area contributed by atoms with Crippen molar-refractivity contribution >= 4 is 160 Å². The number of rotatable bonds is 13. The van der Waals surface area contributed by atoms with Gasteiger partial charge in [0.05, 0.1) is 44.1 Å². The molecule has 0 fully saturated rings. The van der Waals surface area contributed by atoms with Crippen LogP contribution in [0.5, 0.6) is 0 Å². The molecule has 0 atom stereocenters. The predicted octanol–water partition coefficient (Wildman–Crippen LogP) is 26.8. The number of fused-ring (bicyclic) bond motifs is 18. The van der Waals surface area contributed by atoms with Gasteiger partial charge >= 0.3 is 0 Å². The predicted molar refractivity (Wildman–Crippen MR) is 443 cm³/mol. The molecule has 4 aromatic heterocycles. The summed E-state index contributed by atoms with van der Waals surface area (Å²) in [6, 6.07) is 144. The van der Waals surface area contributed by atoms with Crippen LogP contribution in [0, 0.1) is 0 Å². The quantitative estimate of drug-likeness (QED) is 0.115. The van der Waals surface area contributed by atoms with Gasteiger partial charge in [-0.1, -0.05) is 212 Å². The van der Waals surface area contributed by atoms with Gasteiger partial charge in [0.15, 0.2) is 0 Å². The SMILES string of the molecule is c1ccc(N(c2ccccc2)c2ccc3c4c5ccc6c(c5ccc4n(-c4ccccc4)c3c2)c2ccc(N(c3ccccc3)c3ccc4c5c7ccc8c(c7ccc5n(-c5ccccc5)c4c3)c3ccc(N(c4ccccc4)c4ccccc4)cc3n8-c3ccccc3)cc2n6-c2ccccc2)cc1. The lowest BCUT2D eigenvalue weighted by Crippen LogP contribution is -2.10. The third-order valence-corrected chi connectivity index (χ3v) is 21.4. The molecule has 7 nitrogen and oxygen atoms in total. The topological polar surface area (TPSA) is 29.4 Å². The first-order valence-corrected chi connectivity index (χ1v) is 36.0. The van der Waals surface area contributed by atoms with Gasteiger partial charge in [0.25, 0.3) is 0 Å². The van der Waals surface area contributed by atoms with Crippen LogP contribution in [0.25, 0.3) is 132 Å². The Labute approximate surface area is 606 Å². The van der Waals surface area contributed by atoms with Crippen molar-refractivity contribution in [3.05, 3.63) is 394 Å². The smallest absolute Gasteiger partial charge is 0.0562 e. The molecule has 0 aliphatic heterocycles. The van der Waals surface area contributed by atoms with Gasteiger partial charge < -0.3 is 33.0 Å². The fourth-order valence-corrected chi connectivity index (χ4v) is 17.0. The maximum absolute atomic E-state index is 2.47. The zero-order valence-electron chi connectivity index (χ0n) is 57.2. The highest BCUT2D eigenvalue weighted by Gasteiger charge is 2.27. The van der Waals surface area contributed by atoms with Crippen LogP contribution < -0.4 is 14.7 Å². The fourth-order valence-electron chi connectivity index (χ4n) is 17.0. The summed E-state index contributed by atoms with van der Waals surface area (Å²) in [5.41, 5.74) is 23.3. The van der Waals surface area contributed by atoms with Crippen LogP contribution in [0.15, 0.2) is 394 Å². The van der Waals surface area contributed by atoms with Crippen LogP contribution in [-0.2, 0) is 0 Å². The molecule has 4 heterocycles. The summed E-state index contributed by atoms with van der Waals surface area (Å²) in [6.45, 7) is 0. The maximum atomic E-state index is 2.47. The number of para-hydroxylation sites is 9. The fraction of sp³-hybridized carbons (Fsp3) is 0. The van der Waals surface area contributed by atoms with Gasteiger partial charge in [-0.25, -0.2) is 0 Å². The maximum Gasteiger partial charge on any atom is 0.0562 e. The monoisotopic (exact) mass is 1340 g/mol. The lowest BCUT2D eigenvalue weighted by Gasteiger charge is -2.26. The third-order valence-electron chi connectivity index (χ3n) is 21.4. The van der Waals surface area contributed by atoms with E-state index in [0.29, 0.717) is 0 Å². The Morgan fingerprint density at radius 3 is 0.505 bits per heavy atom. The van der Waals surface area contributed by atoms with Crippen molar-refractivity contribution in [3.63, 3.8) is 0 Å². The molecule has 0 amide bonds. The molecule has 0 unspecified atom stereocenters. The molecule has 0 saturated carbocycles. The van der Waals surface area contributed by atoms with Gasteiger partial charge in [-0.3, -0.25) is 0 Å². The van der Waals surface area contributed by atoms with E-state index in [-0.39, 0.29) is 0 Å². The van der Waals surface area contributed by atoms with E-state index in [2.05, 4.69) is 427 Å². The molecule has 492 valence electrons. The average Bonchev–Trinajstić information content (AvgIpc) is 1.55. The molecule has 0 bridgehead atoms. The second-order valence-electron chi connectivity index (χ2n) is 27.2. The lowest BCUT2D eigenvalue weighted by atomic mass is 9.99. The van der Waals surface area contributed by atoms with Crippen LogP contribution in [0.3, 0.4) is 0 Å². The molecule has 0 spiro atoms. The van der Waals surface area contributed by atoms with Crippen molar-refractivity contribution in [1.29, 1.82) is 0 Å². The van der Waals surface area contributed by atoms with Crippen molar-refractivity contribution in [2.75, 3.05) is 14.7 Å². The average molecular weight is 1340 g/mol. The molecule has 0 aliphatic carbocycles. The van der Waals surface area contributed by atoms with Gasteiger partial charge in [0, 0.05) is 117 Å². The van der Waals surface area contributed by atoms with Crippen molar-refractivity contribution in [1.82, 2.24) is 18.3 Å². The summed E-state index contributed by atoms with van der Waals surface area (Å²) < 4.78 is 9.85. The molecule has 21 aromatic rings. The first-order chi connectivity index (χ1) is 52.1. The molecule has 0 radical (unpaired) electrons. The Bertz CT molecular complexity index is 6430. The summed E-state index contributed by atoms with van der Waals surface area (Å²) >= 11 is 0. The summed E-state index contributed by atoms with van der Waals surface area (Å²) in [6.07, 6.45) is 0. The van der Waals surface area contributed by atoms with Crippen LogP contribution in [0.2, 0.25) is 0 Å². The van der Waals surface area contributed by atoms with E-state index in [9.17, 15) is 0 Å². The van der Waals surface area contributed by atoms with Crippen molar-refractivity contribution < 1.29 is 0 Å². The Balaban J connectivity index is 0.758. The molecule has 17 aromatic carbocycles. The number of anilines is 9. The zero-order chi connectivity index (χ0) is 69.1. The minimum atomic E-state index is 1.05. The minimum Gasteiger partial charge on any atom is -0.310 e. The van der Waals surface area contributed by atoms with E-state index in [1.54, 1.807) is 0 Å². The Morgan fingerprint density at radius 1 is 0.133 bits per heavy atom. The highest BCUT2D eigenvalue weighted by Crippen LogP contribution is 2.50. The van der Waals surface area contributed by atoms with Gasteiger partial charge in [0.2, 0.25) is 0 Å². The first kappa shape index (κ1) is 59.7. The lowest BCUT2D eigenvalue weighted by molar-refractivity contribution is 1.17. The van der Waals surface area contributed by atoms with E-state index in [1.165, 1.54) is 64.6 Å². The minimum absolute atomic E-state index is 1.05. The van der Waals surface area contributed by atoms with E-state index >= 15 is 0 Å². The molecular weight excluding hydrogens is 1280 g/mol. The Kier molecular flexibility index (Phi) is 13.8. The molecule has 7 heteroatoms. The number of aromatic nitrogens is 4. The molecule has 21 rings (SSSR count). The summed E-state index contributed by atoms with van der Waals surface area (Å²) in [4.78, 5) is 7.15. The molecule has 0 aliphatic rings. The molecule has 0 N–H and O–H groups in total. The summed E-state index contributed by atoms with van der Waals surface area (Å²) in [5.74, 6) is 0. The van der Waals surface area contributed by atoms with Crippen LogP contribution in [-0.4, -0.2) is 18.3 Å². The van der Waals surface area contributed by atoms with E-state index in [4.69, 9.17) is 0 Å². The van der Waals surface area contributed by atoms with Crippen molar-refractivity contribution in [2.45, 2.75) is 0 Å². The van der Waals surface area contributed by atoms with E-state index in [1.807, 2.05) is 0 Å². The van der Waals surface area contributed by atoms with Gasteiger partial charge in [-0.05, 0) is 204 Å². The summed E-state index contributed by atoms with van der Waals surface area (Å²) in [7, 11) is 0. The first-order valence-electron chi connectivity index (χ1n) is 36.0. The Morgan fingerprint density at radius 2 is 0.305 bits per heavy atom. The number of hydrogen-bond acceptors (Lipinski definition) is 3. The number of nitrogens with zero attached hydrogens (tertiary/aromatic N) is 7. The standard InChI is InChI=1S/C98H65N7/c1-10-28-66(29-11-1)99(67-30-12-2-13-31-67)75-46-50-83-91(62-75)102(71-38-20-6-21-39-71)87-58-54-81-79(95(83)87)56-60-89-97(81)85-52-48-77(64-93(85)104(89)73-42-24-8-25-43-73)101(70-36-18-5-19-37-70)78-49-53-86-94(65-78)105(74-44-26-9-27-45-74)90-61-57-80-82(98(86)90)55-59-88-96(80)84-51-47-76(63-92(84)103(88)72-40-22-7-23-41-72)100(68-32-14-3-15-33-68)69-34-16-4-17-35-69/h1-65H. The normalized spacial score (nSPS) is 11.8. The number of benzene rings is 17. The van der Waals surface area contributed by atoms with Gasteiger partial charge in [-0.2, -0.15) is 0 Å². The van der Waals surface area contributed by atoms with E-state index in [0.717, 1.165) is 118 Å². The van der Waals surface area contributed by atoms with Crippen molar-refractivity contribution in [3.8, 4) is 22.7 Å². The second-order valence-corrected chi connectivity index (χ2v) is 27.2. The summed E-state index contributed by atoms with van der Waals surface area (Å²) in [5, 5.41) is 14.5. The van der Waals surface area contributed by atoms with Crippen LogP contribution in [0.1, 0.15) is 0 Å². The zero-order valence-corrected chi connectivity index (χ0v) is 57.2. The van der Waals surface area contributed by atoms with Crippen LogP contribution >= 0.6 is 0 Å².